The Bertz CT molecular complexity index is 1490. The first-order chi connectivity index (χ1) is 17.1. The van der Waals surface area contributed by atoms with E-state index in [9.17, 15) is 0 Å². The summed E-state index contributed by atoms with van der Waals surface area (Å²) in [5.41, 5.74) is 6.61. The number of hydrogen-bond donors (Lipinski definition) is 2. The maximum atomic E-state index is 6.19. The van der Waals surface area contributed by atoms with Crippen LogP contribution in [0.25, 0.3) is 28.1 Å². The topological polar surface area (TPSA) is 54.2 Å². The van der Waals surface area contributed by atoms with E-state index in [1.807, 2.05) is 73.8 Å². The molecule has 1 heterocycles. The number of nitrogens with one attached hydrogen (secondary N) is 2. The lowest BCUT2D eigenvalue weighted by molar-refractivity contribution is 0.727. The zero-order chi connectivity index (χ0) is 24.2. The van der Waals surface area contributed by atoms with Gasteiger partial charge in [-0.3, -0.25) is 4.99 Å². The molecule has 1 aliphatic carbocycles. The third-order valence-corrected chi connectivity index (χ3v) is 6.28. The Hall–Kier alpha value is -3.38. The van der Waals surface area contributed by atoms with Gasteiger partial charge >= 0.3 is 0 Å². The summed E-state index contributed by atoms with van der Waals surface area (Å²) in [7, 11) is 1.95. The van der Waals surface area contributed by atoms with Gasteiger partial charge in [0.1, 0.15) is 0 Å². The van der Waals surface area contributed by atoms with E-state index in [0.717, 1.165) is 57.8 Å². The third-order valence-electron chi connectivity index (χ3n) is 5.77. The summed E-state index contributed by atoms with van der Waals surface area (Å²) in [6, 6.07) is 27.9. The Morgan fingerprint density at radius 2 is 1.60 bits per heavy atom. The van der Waals surface area contributed by atoms with Crippen molar-refractivity contribution >= 4 is 45.6 Å². The number of hydrogen-bond acceptors (Lipinski definition) is 4. The minimum atomic E-state index is 0.697. The molecular weight excluding hydrogens is 477 g/mol. The summed E-state index contributed by atoms with van der Waals surface area (Å²) in [6.45, 7) is 1.62. The molecule has 5 nitrogen and oxygen atoms in total. The average Bonchev–Trinajstić information content (AvgIpc) is 2.87. The van der Waals surface area contributed by atoms with Crippen molar-refractivity contribution in [2.75, 3.05) is 25.5 Å². The second-order valence-corrected chi connectivity index (χ2v) is 9.11. The highest BCUT2D eigenvalue weighted by Crippen LogP contribution is 2.31. The standard InChI is InChI=1S/C28H25Cl2N5/c1-31-15-4-16-32-24-18-28-26(17-25(24)33-21-11-7-19(29)8-12-21)34-23-5-2-3-6-27(23)35(28)22-13-9-20(30)10-14-22/h2-3,5-14,17-18,31,33H,4,15-16H2,1H3. The number of halogens is 2. The summed E-state index contributed by atoms with van der Waals surface area (Å²) < 4.78 is 2.21. The second-order valence-electron chi connectivity index (χ2n) is 8.24. The molecule has 0 saturated heterocycles. The van der Waals surface area contributed by atoms with Crippen molar-refractivity contribution in [1.82, 2.24) is 14.9 Å². The van der Waals surface area contributed by atoms with Gasteiger partial charge in [0.25, 0.3) is 0 Å². The molecule has 0 fully saturated rings. The van der Waals surface area contributed by atoms with Crippen molar-refractivity contribution in [2.45, 2.75) is 6.42 Å². The van der Waals surface area contributed by atoms with Gasteiger partial charge in [0.2, 0.25) is 0 Å². The fourth-order valence-corrected chi connectivity index (χ4v) is 4.34. The van der Waals surface area contributed by atoms with Crippen LogP contribution in [0.1, 0.15) is 6.42 Å². The molecule has 0 amide bonds. The number of aromatic nitrogens is 2. The Kier molecular flexibility index (Phi) is 7.00. The van der Waals surface area contributed by atoms with E-state index in [1.54, 1.807) is 0 Å². The summed E-state index contributed by atoms with van der Waals surface area (Å²) >= 11 is 12.3. The van der Waals surface area contributed by atoms with Gasteiger partial charge in [0.15, 0.2) is 0 Å². The molecule has 0 unspecified atom stereocenters. The first-order valence-corrected chi connectivity index (χ1v) is 12.3. The number of para-hydroxylation sites is 2. The number of anilines is 2. The predicted molar refractivity (Wildman–Crippen MR) is 146 cm³/mol. The van der Waals surface area contributed by atoms with Crippen LogP contribution in [0, 0.1) is 0 Å². The maximum Gasteiger partial charge on any atom is 0.0900 e. The van der Waals surface area contributed by atoms with Gasteiger partial charge in [-0.2, -0.15) is 0 Å². The minimum absolute atomic E-state index is 0.697. The normalized spacial score (nSPS) is 11.9. The molecule has 1 aliphatic heterocycles. The maximum absolute atomic E-state index is 6.19. The lowest BCUT2D eigenvalue weighted by Crippen LogP contribution is -2.16. The molecule has 35 heavy (non-hydrogen) atoms. The number of rotatable bonds is 7. The fourth-order valence-electron chi connectivity index (χ4n) is 4.09. The smallest absolute Gasteiger partial charge is 0.0900 e. The first kappa shape index (κ1) is 23.4. The van der Waals surface area contributed by atoms with Gasteiger partial charge in [-0.1, -0.05) is 35.3 Å². The summed E-state index contributed by atoms with van der Waals surface area (Å²) in [5, 5.41) is 8.97. The fraction of sp³-hybridized carbons (Fsp3) is 0.143. The van der Waals surface area contributed by atoms with Crippen molar-refractivity contribution in [3.63, 3.8) is 0 Å². The Morgan fingerprint density at radius 3 is 2.34 bits per heavy atom. The van der Waals surface area contributed by atoms with Crippen molar-refractivity contribution in [2.24, 2.45) is 4.99 Å². The van der Waals surface area contributed by atoms with Crippen LogP contribution in [0.5, 0.6) is 0 Å². The van der Waals surface area contributed by atoms with Crippen molar-refractivity contribution in [3.8, 4) is 17.1 Å². The highest BCUT2D eigenvalue weighted by atomic mass is 35.5. The van der Waals surface area contributed by atoms with E-state index in [2.05, 4.69) is 33.4 Å². The van der Waals surface area contributed by atoms with Crippen LogP contribution in [0.15, 0.2) is 89.9 Å². The molecule has 176 valence electrons. The minimum Gasteiger partial charge on any atom is -0.354 e. The van der Waals surface area contributed by atoms with Crippen LogP contribution in [-0.4, -0.2) is 29.7 Å². The van der Waals surface area contributed by atoms with Crippen LogP contribution < -0.4 is 16.0 Å². The average molecular weight is 502 g/mol. The molecule has 5 rings (SSSR count). The monoisotopic (exact) mass is 501 g/mol. The van der Waals surface area contributed by atoms with Crippen molar-refractivity contribution in [3.05, 3.63) is 100 Å². The molecule has 2 N–H and O–H groups in total. The number of fused-ring (bicyclic) bond motifs is 2. The van der Waals surface area contributed by atoms with E-state index in [0.29, 0.717) is 16.6 Å². The second kappa shape index (κ2) is 10.5. The van der Waals surface area contributed by atoms with Crippen LogP contribution in [-0.2, 0) is 0 Å². The molecule has 3 aromatic carbocycles. The molecular formula is C28H25Cl2N5. The third kappa shape index (κ3) is 5.17. The van der Waals surface area contributed by atoms with Crippen molar-refractivity contribution in [1.29, 1.82) is 0 Å². The molecule has 0 radical (unpaired) electrons. The molecule has 7 heteroatoms. The Balaban J connectivity index is 1.74. The Morgan fingerprint density at radius 1 is 0.886 bits per heavy atom. The van der Waals surface area contributed by atoms with Gasteiger partial charge in [-0.15, -0.1) is 0 Å². The molecule has 0 spiro atoms. The number of nitrogens with zero attached hydrogens (tertiary/aromatic N) is 3. The lowest BCUT2D eigenvalue weighted by Gasteiger charge is -2.20. The van der Waals surface area contributed by atoms with Gasteiger partial charge in [-0.25, -0.2) is 4.98 Å². The van der Waals surface area contributed by atoms with Crippen LogP contribution in [0.3, 0.4) is 0 Å². The number of benzene rings is 4. The predicted octanol–water partition coefficient (Wildman–Crippen LogP) is 6.69. The SMILES string of the molecule is CNCCCN=c1cc2n(-c3ccc(Cl)cc3)c3ccccc3nc-2cc1Nc1ccc(Cl)cc1. The summed E-state index contributed by atoms with van der Waals surface area (Å²) in [6.07, 6.45) is 0.947. The molecule has 0 bridgehead atoms. The Labute approximate surface area is 214 Å². The highest BCUT2D eigenvalue weighted by Gasteiger charge is 2.16. The zero-order valence-electron chi connectivity index (χ0n) is 19.3. The summed E-state index contributed by atoms with van der Waals surface area (Å²) in [5.74, 6) is 0. The van der Waals surface area contributed by atoms with Gasteiger partial charge in [0.05, 0.1) is 33.5 Å². The molecule has 0 saturated carbocycles. The van der Waals surface area contributed by atoms with E-state index in [1.165, 1.54) is 0 Å². The van der Waals surface area contributed by atoms with Gasteiger partial charge < -0.3 is 15.2 Å². The molecule has 2 aliphatic rings. The van der Waals surface area contributed by atoms with E-state index in [-0.39, 0.29) is 0 Å². The molecule has 0 atom stereocenters. The van der Waals surface area contributed by atoms with E-state index in [4.69, 9.17) is 33.2 Å². The quantitative estimate of drug-likeness (QED) is 0.193. The van der Waals surface area contributed by atoms with Crippen LogP contribution in [0.2, 0.25) is 10.0 Å². The molecule has 0 aromatic heterocycles. The summed E-state index contributed by atoms with van der Waals surface area (Å²) in [4.78, 5) is 9.93. The zero-order valence-corrected chi connectivity index (χ0v) is 20.8. The van der Waals surface area contributed by atoms with Crippen LogP contribution >= 0.6 is 23.2 Å². The van der Waals surface area contributed by atoms with Gasteiger partial charge in [-0.05, 0) is 92.8 Å². The molecule has 3 aromatic rings. The van der Waals surface area contributed by atoms with E-state index >= 15 is 0 Å². The van der Waals surface area contributed by atoms with Gasteiger partial charge in [0, 0.05) is 28.0 Å². The first-order valence-electron chi connectivity index (χ1n) is 11.5. The van der Waals surface area contributed by atoms with E-state index < -0.39 is 0 Å². The van der Waals surface area contributed by atoms with Crippen molar-refractivity contribution < 1.29 is 0 Å². The highest BCUT2D eigenvalue weighted by molar-refractivity contribution is 6.30. The lowest BCUT2D eigenvalue weighted by atomic mass is 10.1. The van der Waals surface area contributed by atoms with Crippen LogP contribution in [0.4, 0.5) is 11.4 Å². The largest absolute Gasteiger partial charge is 0.354 e.